The van der Waals surface area contributed by atoms with Crippen LogP contribution in [0.1, 0.15) is 36.0 Å². The molecule has 0 radical (unpaired) electrons. The minimum Gasteiger partial charge on any atom is -0.376 e. The highest BCUT2D eigenvalue weighted by molar-refractivity contribution is 7.89. The number of carbonyl (C=O) groups is 1. The maximum absolute atomic E-state index is 12.8. The SMILES string of the molecule is CN(C)S(=O)(=O)c1ccc(N2CCCC2)c(C(=O)NC[C@@H]2CCCO2)c1. The van der Waals surface area contributed by atoms with Gasteiger partial charge in [0.1, 0.15) is 0 Å². The number of nitrogens with zero attached hydrogens (tertiary/aromatic N) is 2. The number of hydrogen-bond acceptors (Lipinski definition) is 5. The summed E-state index contributed by atoms with van der Waals surface area (Å²) in [5.74, 6) is -0.252. The molecule has 2 aliphatic rings. The fraction of sp³-hybridized carbons (Fsp3) is 0.611. The van der Waals surface area contributed by atoms with Crippen molar-refractivity contribution < 1.29 is 17.9 Å². The second-order valence-corrected chi connectivity index (χ2v) is 9.16. The summed E-state index contributed by atoms with van der Waals surface area (Å²) >= 11 is 0. The Morgan fingerprint density at radius 2 is 2.00 bits per heavy atom. The molecule has 0 saturated carbocycles. The van der Waals surface area contributed by atoms with E-state index in [1.54, 1.807) is 12.1 Å². The molecule has 2 fully saturated rings. The minimum atomic E-state index is -3.59. The van der Waals surface area contributed by atoms with Gasteiger partial charge in [0.25, 0.3) is 5.91 Å². The Morgan fingerprint density at radius 1 is 1.27 bits per heavy atom. The molecular formula is C18H27N3O4S. The first-order chi connectivity index (χ1) is 12.4. The van der Waals surface area contributed by atoms with E-state index in [1.807, 2.05) is 0 Å². The second-order valence-electron chi connectivity index (χ2n) is 7.01. The minimum absolute atomic E-state index is 0.0443. The first-order valence-electron chi connectivity index (χ1n) is 9.11. The zero-order chi connectivity index (χ0) is 18.7. The van der Waals surface area contributed by atoms with Crippen molar-refractivity contribution >= 4 is 21.6 Å². The smallest absolute Gasteiger partial charge is 0.253 e. The molecule has 7 nitrogen and oxygen atoms in total. The van der Waals surface area contributed by atoms with Crippen LogP contribution < -0.4 is 10.2 Å². The Bertz CT molecular complexity index is 752. The predicted octanol–water partition coefficient (Wildman–Crippen LogP) is 1.45. The largest absolute Gasteiger partial charge is 0.376 e. The number of benzene rings is 1. The van der Waals surface area contributed by atoms with Gasteiger partial charge < -0.3 is 15.0 Å². The van der Waals surface area contributed by atoms with Crippen LogP contribution in [0.3, 0.4) is 0 Å². The van der Waals surface area contributed by atoms with E-state index in [9.17, 15) is 13.2 Å². The number of hydrogen-bond donors (Lipinski definition) is 1. The van der Waals surface area contributed by atoms with Crippen LogP contribution in [0.2, 0.25) is 0 Å². The maximum Gasteiger partial charge on any atom is 0.253 e. The third-order valence-electron chi connectivity index (χ3n) is 4.95. The van der Waals surface area contributed by atoms with Crippen molar-refractivity contribution in [3.8, 4) is 0 Å². The Kier molecular flexibility index (Phi) is 5.84. The fourth-order valence-electron chi connectivity index (χ4n) is 3.41. The van der Waals surface area contributed by atoms with Gasteiger partial charge >= 0.3 is 0 Å². The summed E-state index contributed by atoms with van der Waals surface area (Å²) in [6, 6.07) is 4.83. The summed E-state index contributed by atoms with van der Waals surface area (Å²) < 4.78 is 31.6. The fourth-order valence-corrected chi connectivity index (χ4v) is 4.34. The number of rotatable bonds is 6. The average molecular weight is 381 g/mol. The van der Waals surface area contributed by atoms with Gasteiger partial charge in [-0.2, -0.15) is 0 Å². The van der Waals surface area contributed by atoms with Crippen molar-refractivity contribution in [1.29, 1.82) is 0 Å². The van der Waals surface area contributed by atoms with Gasteiger partial charge in [0.15, 0.2) is 0 Å². The topological polar surface area (TPSA) is 79.0 Å². The molecule has 0 aromatic heterocycles. The Balaban J connectivity index is 1.88. The Morgan fingerprint density at radius 3 is 2.62 bits per heavy atom. The quantitative estimate of drug-likeness (QED) is 0.807. The van der Waals surface area contributed by atoms with Gasteiger partial charge in [-0.15, -0.1) is 0 Å². The summed E-state index contributed by atoms with van der Waals surface area (Å²) in [6.07, 6.45) is 4.15. The summed E-state index contributed by atoms with van der Waals surface area (Å²) in [4.78, 5) is 15.1. The first-order valence-corrected chi connectivity index (χ1v) is 10.5. The number of sulfonamides is 1. The number of carbonyl (C=O) groups excluding carboxylic acids is 1. The average Bonchev–Trinajstić information content (AvgIpc) is 3.32. The number of amides is 1. The Hall–Kier alpha value is -1.64. The maximum atomic E-state index is 12.8. The second kappa shape index (κ2) is 7.94. The summed E-state index contributed by atoms with van der Waals surface area (Å²) in [7, 11) is -0.620. The van der Waals surface area contributed by atoms with E-state index < -0.39 is 10.0 Å². The van der Waals surface area contributed by atoms with Crippen LogP contribution >= 0.6 is 0 Å². The van der Waals surface area contributed by atoms with Gasteiger partial charge in [-0.1, -0.05) is 0 Å². The molecule has 1 aromatic rings. The van der Waals surface area contributed by atoms with Crippen LogP contribution in [-0.4, -0.2) is 65.1 Å². The molecule has 26 heavy (non-hydrogen) atoms. The van der Waals surface area contributed by atoms with Crippen LogP contribution in [0, 0.1) is 0 Å². The van der Waals surface area contributed by atoms with Gasteiger partial charge in [-0.25, -0.2) is 12.7 Å². The molecule has 144 valence electrons. The van der Waals surface area contributed by atoms with Gasteiger partial charge in [0.05, 0.1) is 16.6 Å². The summed E-state index contributed by atoms with van der Waals surface area (Å²) in [6.45, 7) is 2.94. The first kappa shape index (κ1) is 19.1. The van der Waals surface area contributed by atoms with E-state index >= 15 is 0 Å². The van der Waals surface area contributed by atoms with Gasteiger partial charge in [0.2, 0.25) is 10.0 Å². The zero-order valence-corrected chi connectivity index (χ0v) is 16.2. The lowest BCUT2D eigenvalue weighted by Gasteiger charge is -2.22. The molecule has 0 spiro atoms. The summed E-state index contributed by atoms with van der Waals surface area (Å²) in [5, 5.41) is 2.91. The molecule has 1 aromatic carbocycles. The molecule has 1 atom stereocenters. The van der Waals surface area contributed by atoms with Crippen LogP contribution in [0.25, 0.3) is 0 Å². The lowest BCUT2D eigenvalue weighted by atomic mass is 10.1. The molecule has 8 heteroatoms. The van der Waals surface area contributed by atoms with Crippen molar-refractivity contribution in [1.82, 2.24) is 9.62 Å². The molecule has 2 aliphatic heterocycles. The summed E-state index contributed by atoms with van der Waals surface area (Å²) in [5.41, 5.74) is 1.21. The van der Waals surface area contributed by atoms with Crippen molar-refractivity contribution in [2.75, 3.05) is 45.2 Å². The lowest BCUT2D eigenvalue weighted by Crippen LogP contribution is -2.33. The molecule has 0 bridgehead atoms. The molecular weight excluding hydrogens is 354 g/mol. The monoisotopic (exact) mass is 381 g/mol. The molecule has 2 saturated heterocycles. The number of ether oxygens (including phenoxy) is 1. The van der Waals surface area contributed by atoms with Crippen LogP contribution in [-0.2, 0) is 14.8 Å². The van der Waals surface area contributed by atoms with E-state index in [0.29, 0.717) is 12.1 Å². The van der Waals surface area contributed by atoms with E-state index in [2.05, 4.69) is 10.2 Å². The standard InChI is InChI=1S/C18H27N3O4S/c1-20(2)26(23,24)15-7-8-17(21-9-3-4-10-21)16(12-15)18(22)19-13-14-6-5-11-25-14/h7-8,12,14H,3-6,9-11,13H2,1-2H3,(H,19,22)/t14-/m0/s1. The van der Waals surface area contributed by atoms with E-state index in [4.69, 9.17) is 4.74 Å². The highest BCUT2D eigenvalue weighted by Crippen LogP contribution is 2.28. The third kappa shape index (κ3) is 4.02. The van der Waals surface area contributed by atoms with Crippen molar-refractivity contribution in [3.05, 3.63) is 23.8 Å². The van der Waals surface area contributed by atoms with Crippen molar-refractivity contribution in [3.63, 3.8) is 0 Å². The number of nitrogens with one attached hydrogen (secondary N) is 1. The molecule has 3 rings (SSSR count). The normalized spacial score (nSPS) is 20.7. The van der Waals surface area contributed by atoms with Crippen molar-refractivity contribution in [2.45, 2.75) is 36.7 Å². The van der Waals surface area contributed by atoms with Gasteiger partial charge in [0, 0.05) is 46.0 Å². The highest BCUT2D eigenvalue weighted by Gasteiger charge is 2.25. The molecule has 2 heterocycles. The third-order valence-corrected chi connectivity index (χ3v) is 6.76. The van der Waals surface area contributed by atoms with Gasteiger partial charge in [-0.3, -0.25) is 4.79 Å². The van der Waals surface area contributed by atoms with Crippen LogP contribution in [0.15, 0.2) is 23.1 Å². The molecule has 1 N–H and O–H groups in total. The molecule has 1 amide bonds. The van der Waals surface area contributed by atoms with Crippen molar-refractivity contribution in [2.24, 2.45) is 0 Å². The van der Waals surface area contributed by atoms with Crippen LogP contribution in [0.4, 0.5) is 5.69 Å². The van der Waals surface area contributed by atoms with E-state index in [-0.39, 0.29) is 16.9 Å². The molecule has 0 unspecified atom stereocenters. The van der Waals surface area contributed by atoms with Gasteiger partial charge in [-0.05, 0) is 43.9 Å². The van der Waals surface area contributed by atoms with Crippen LogP contribution in [0.5, 0.6) is 0 Å². The highest BCUT2D eigenvalue weighted by atomic mass is 32.2. The Labute approximate surface area is 155 Å². The lowest BCUT2D eigenvalue weighted by molar-refractivity contribution is 0.0858. The zero-order valence-electron chi connectivity index (χ0n) is 15.4. The van der Waals surface area contributed by atoms with E-state index in [0.717, 1.165) is 55.4 Å². The molecule has 0 aliphatic carbocycles. The predicted molar refractivity (Wildman–Crippen MR) is 100 cm³/mol. The number of anilines is 1. The van der Waals surface area contributed by atoms with E-state index in [1.165, 1.54) is 20.2 Å².